The molecule has 0 radical (unpaired) electrons. The van der Waals surface area contributed by atoms with Crippen LogP contribution in [0, 0.1) is 17.0 Å². The number of amides is 3. The molecule has 1 unspecified atom stereocenters. The smallest absolute Gasteiger partial charge is 0.272 e. The van der Waals surface area contributed by atoms with E-state index in [1.807, 2.05) is 60.7 Å². The average molecular weight is 657 g/mol. The lowest BCUT2D eigenvalue weighted by atomic mass is 10.0. The van der Waals surface area contributed by atoms with Crippen LogP contribution in [0.2, 0.25) is 0 Å². The first kappa shape index (κ1) is 33.4. The third-order valence-corrected chi connectivity index (χ3v) is 8.45. The number of hydrogen-bond acceptors (Lipinski definition) is 6. The minimum Gasteiger partial charge on any atom is -0.325 e. The van der Waals surface area contributed by atoms with Gasteiger partial charge in [-0.25, -0.2) is 0 Å². The van der Waals surface area contributed by atoms with Gasteiger partial charge in [0, 0.05) is 28.3 Å². The van der Waals surface area contributed by atoms with Crippen molar-refractivity contribution in [3.63, 3.8) is 0 Å². The molecule has 5 rings (SSSR count). The zero-order chi connectivity index (χ0) is 34.0. The van der Waals surface area contributed by atoms with E-state index in [1.165, 1.54) is 23.9 Å². The van der Waals surface area contributed by atoms with E-state index in [0.29, 0.717) is 22.5 Å². The van der Waals surface area contributed by atoms with Crippen molar-refractivity contribution in [2.75, 3.05) is 10.6 Å². The molecule has 3 amide bonds. The predicted molar refractivity (Wildman–Crippen MR) is 191 cm³/mol. The van der Waals surface area contributed by atoms with E-state index in [9.17, 15) is 24.5 Å². The highest BCUT2D eigenvalue weighted by Gasteiger charge is 2.18. The second kappa shape index (κ2) is 15.5. The molecule has 240 valence electrons. The van der Waals surface area contributed by atoms with Crippen molar-refractivity contribution in [3.05, 3.63) is 160 Å². The normalized spacial score (nSPS) is 11.7. The zero-order valence-electron chi connectivity index (χ0n) is 26.2. The minimum absolute atomic E-state index is 0.0662. The van der Waals surface area contributed by atoms with Gasteiger partial charge in [0.25, 0.3) is 17.5 Å². The summed E-state index contributed by atoms with van der Waals surface area (Å²) >= 11 is 1.30. The van der Waals surface area contributed by atoms with E-state index in [4.69, 9.17) is 0 Å². The first-order valence-electron chi connectivity index (χ1n) is 15.0. The second-order valence-electron chi connectivity index (χ2n) is 10.9. The topological polar surface area (TPSA) is 130 Å². The summed E-state index contributed by atoms with van der Waals surface area (Å²) in [5.74, 6) is -1.23. The Bertz CT molecular complexity index is 1960. The molecule has 48 heavy (non-hydrogen) atoms. The molecule has 0 aliphatic carbocycles. The largest absolute Gasteiger partial charge is 0.325 e. The monoisotopic (exact) mass is 656 g/mol. The number of rotatable bonds is 11. The third-order valence-electron chi connectivity index (χ3n) is 7.34. The minimum atomic E-state index is -0.514. The molecular formula is C38H32N4O5S. The van der Waals surface area contributed by atoms with Gasteiger partial charge in [-0.05, 0) is 78.6 Å². The maximum absolute atomic E-state index is 13.5. The second-order valence-corrected chi connectivity index (χ2v) is 12.3. The van der Waals surface area contributed by atoms with Crippen molar-refractivity contribution in [2.45, 2.75) is 24.0 Å². The zero-order valence-corrected chi connectivity index (χ0v) is 27.0. The fourth-order valence-electron chi connectivity index (χ4n) is 4.68. The lowest BCUT2D eigenvalue weighted by Crippen LogP contribution is -2.30. The van der Waals surface area contributed by atoms with Crippen molar-refractivity contribution in [3.8, 4) is 11.1 Å². The molecule has 10 heteroatoms. The molecule has 1 atom stereocenters. The fraction of sp³-hybridized carbons (Fsp3) is 0.0789. The van der Waals surface area contributed by atoms with E-state index in [-0.39, 0.29) is 17.3 Å². The van der Waals surface area contributed by atoms with Gasteiger partial charge in [0.05, 0.1) is 15.9 Å². The molecule has 5 aromatic carbocycles. The average Bonchev–Trinajstić information content (AvgIpc) is 3.10. The van der Waals surface area contributed by atoms with Crippen LogP contribution in [-0.4, -0.2) is 27.9 Å². The van der Waals surface area contributed by atoms with Crippen molar-refractivity contribution in [2.24, 2.45) is 0 Å². The number of non-ortho nitro benzene ring substituents is 1. The van der Waals surface area contributed by atoms with Crippen LogP contribution in [0.1, 0.15) is 28.4 Å². The van der Waals surface area contributed by atoms with Gasteiger partial charge in [-0.15, -0.1) is 11.8 Å². The molecule has 0 heterocycles. The van der Waals surface area contributed by atoms with E-state index in [0.717, 1.165) is 21.6 Å². The number of aryl methyl sites for hydroxylation is 1. The van der Waals surface area contributed by atoms with Crippen LogP contribution >= 0.6 is 11.8 Å². The summed E-state index contributed by atoms with van der Waals surface area (Å²) in [4.78, 5) is 50.8. The Morgan fingerprint density at radius 2 is 1.40 bits per heavy atom. The summed E-state index contributed by atoms with van der Waals surface area (Å²) in [6, 6.07) is 37.5. The number of carbonyl (C=O) groups is 3. The summed E-state index contributed by atoms with van der Waals surface area (Å²) in [6.07, 6.45) is 1.62. The van der Waals surface area contributed by atoms with Gasteiger partial charge in [-0.3, -0.25) is 24.5 Å². The van der Waals surface area contributed by atoms with Crippen molar-refractivity contribution < 1.29 is 19.3 Å². The van der Waals surface area contributed by atoms with Gasteiger partial charge < -0.3 is 16.0 Å². The summed E-state index contributed by atoms with van der Waals surface area (Å²) in [5, 5.41) is 19.0. The number of anilines is 2. The van der Waals surface area contributed by atoms with Crippen molar-refractivity contribution in [1.82, 2.24) is 5.32 Å². The molecule has 0 aliphatic heterocycles. The first-order valence-corrected chi connectivity index (χ1v) is 15.9. The summed E-state index contributed by atoms with van der Waals surface area (Å²) in [5.41, 5.74) is 4.78. The van der Waals surface area contributed by atoms with E-state index in [2.05, 4.69) is 16.0 Å². The first-order chi connectivity index (χ1) is 23.2. The van der Waals surface area contributed by atoms with Gasteiger partial charge in [-0.1, -0.05) is 78.9 Å². The van der Waals surface area contributed by atoms with Crippen LogP contribution in [0.15, 0.2) is 138 Å². The highest BCUT2D eigenvalue weighted by Crippen LogP contribution is 2.28. The Balaban J connectivity index is 1.27. The molecule has 9 nitrogen and oxygen atoms in total. The van der Waals surface area contributed by atoms with Crippen LogP contribution < -0.4 is 16.0 Å². The molecule has 0 aromatic heterocycles. The Morgan fingerprint density at radius 1 is 0.771 bits per heavy atom. The number of hydrogen-bond donors (Lipinski definition) is 3. The Labute approximate surface area is 282 Å². The summed E-state index contributed by atoms with van der Waals surface area (Å²) < 4.78 is 0. The Hall–Kier alpha value is -6.00. The fourth-order valence-corrected chi connectivity index (χ4v) is 5.54. The molecule has 0 spiro atoms. The van der Waals surface area contributed by atoms with Gasteiger partial charge >= 0.3 is 0 Å². The highest BCUT2D eigenvalue weighted by atomic mass is 32.2. The van der Waals surface area contributed by atoms with Crippen LogP contribution in [0.5, 0.6) is 0 Å². The maximum atomic E-state index is 13.5. The number of thioether (sulfide) groups is 1. The molecule has 0 fully saturated rings. The quantitative estimate of drug-likeness (QED) is 0.0570. The van der Waals surface area contributed by atoms with E-state index >= 15 is 0 Å². The molecule has 0 aliphatic rings. The predicted octanol–water partition coefficient (Wildman–Crippen LogP) is 8.10. The SMILES string of the molecule is Cc1ccc([N+](=O)[O-])cc1NC(=O)C(C)Sc1ccc(NC(=O)/C(=C/c2ccc(-c3ccccc3)cc2)NC(=O)c2ccccc2)cc1. The Kier molecular flexibility index (Phi) is 10.8. The summed E-state index contributed by atoms with van der Waals surface area (Å²) in [7, 11) is 0. The maximum Gasteiger partial charge on any atom is 0.272 e. The number of nitro groups is 1. The molecule has 3 N–H and O–H groups in total. The van der Waals surface area contributed by atoms with Gasteiger partial charge in [-0.2, -0.15) is 0 Å². The van der Waals surface area contributed by atoms with Crippen LogP contribution in [0.25, 0.3) is 17.2 Å². The van der Waals surface area contributed by atoms with Gasteiger partial charge in [0.1, 0.15) is 5.70 Å². The standard InChI is InChI=1S/C38H32N4O5S/c1-25-13-20-32(42(46)47)24-34(25)40-36(43)26(2)48-33-21-18-31(19-22-33)39-38(45)35(41-37(44)30-11-7-4-8-12-30)23-27-14-16-29(17-15-27)28-9-5-3-6-10-28/h3-24,26H,1-2H3,(H,39,45)(H,40,43)(H,41,44)/b35-23-. The van der Waals surface area contributed by atoms with Crippen molar-refractivity contribution in [1.29, 1.82) is 0 Å². The third kappa shape index (κ3) is 8.83. The molecule has 0 bridgehead atoms. The van der Waals surface area contributed by atoms with Crippen LogP contribution in [-0.2, 0) is 9.59 Å². The molecule has 0 saturated heterocycles. The Morgan fingerprint density at radius 3 is 2.04 bits per heavy atom. The molecular weight excluding hydrogens is 625 g/mol. The number of nitro benzene ring substituents is 1. The lowest BCUT2D eigenvalue weighted by Gasteiger charge is -2.14. The number of nitrogens with zero attached hydrogens (tertiary/aromatic N) is 1. The van der Waals surface area contributed by atoms with Crippen molar-refractivity contribution >= 4 is 52.6 Å². The summed E-state index contributed by atoms with van der Waals surface area (Å²) in [6.45, 7) is 3.50. The number of benzene rings is 5. The molecule has 5 aromatic rings. The van der Waals surface area contributed by atoms with Gasteiger partial charge in [0.15, 0.2) is 0 Å². The van der Waals surface area contributed by atoms with E-state index < -0.39 is 22.0 Å². The van der Waals surface area contributed by atoms with Crippen LogP contribution in [0.3, 0.4) is 0 Å². The van der Waals surface area contributed by atoms with Crippen LogP contribution in [0.4, 0.5) is 17.1 Å². The number of carbonyl (C=O) groups excluding carboxylic acids is 3. The molecule has 0 saturated carbocycles. The van der Waals surface area contributed by atoms with Gasteiger partial charge in [0.2, 0.25) is 5.91 Å². The highest BCUT2D eigenvalue weighted by molar-refractivity contribution is 8.00. The van der Waals surface area contributed by atoms with E-state index in [1.54, 1.807) is 74.5 Å². The lowest BCUT2D eigenvalue weighted by molar-refractivity contribution is -0.384. The number of nitrogens with one attached hydrogen (secondary N) is 3.